The number of imide groups is 1. The number of hydrazine groups is 1. The van der Waals surface area contributed by atoms with Gasteiger partial charge in [0, 0.05) is 11.1 Å². The largest absolute Gasteiger partial charge is 0.486 e. The normalized spacial score (nSPS) is 17.8. The second-order valence-corrected chi connectivity index (χ2v) is 7.02. The molecule has 156 valence electrons. The summed E-state index contributed by atoms with van der Waals surface area (Å²) in [4.78, 5) is 38.1. The number of halogens is 1. The second-order valence-electron chi connectivity index (χ2n) is 6.59. The van der Waals surface area contributed by atoms with Crippen LogP contribution in [-0.4, -0.2) is 43.6 Å². The number of anilines is 1. The van der Waals surface area contributed by atoms with E-state index in [1.807, 2.05) is 0 Å². The van der Waals surface area contributed by atoms with Crippen molar-refractivity contribution in [1.82, 2.24) is 10.9 Å². The molecule has 0 aromatic heterocycles. The molecule has 1 atom stereocenters. The Bertz CT molecular complexity index is 981. The Morgan fingerprint density at radius 2 is 1.83 bits per heavy atom. The lowest BCUT2D eigenvalue weighted by Crippen LogP contribution is -2.49. The molecule has 2 aliphatic heterocycles. The van der Waals surface area contributed by atoms with E-state index in [0.717, 1.165) is 4.90 Å². The summed E-state index contributed by atoms with van der Waals surface area (Å²) in [6.45, 7) is 0.573. The molecule has 0 spiro atoms. The monoisotopic (exact) mass is 431 g/mol. The van der Waals surface area contributed by atoms with Crippen LogP contribution in [0.3, 0.4) is 0 Å². The summed E-state index contributed by atoms with van der Waals surface area (Å²) in [5.74, 6) is 0.154. The molecular formula is C20H18ClN3O6. The minimum atomic E-state index is -0.884. The van der Waals surface area contributed by atoms with E-state index >= 15 is 0 Å². The van der Waals surface area contributed by atoms with Crippen LogP contribution in [0.2, 0.25) is 5.02 Å². The molecule has 1 fully saturated rings. The molecule has 2 heterocycles. The van der Waals surface area contributed by atoms with E-state index in [2.05, 4.69) is 10.9 Å². The third-order valence-corrected chi connectivity index (χ3v) is 4.75. The van der Waals surface area contributed by atoms with Gasteiger partial charge in [0.15, 0.2) is 18.1 Å². The first-order chi connectivity index (χ1) is 14.5. The van der Waals surface area contributed by atoms with Crippen molar-refractivity contribution < 1.29 is 28.6 Å². The molecule has 2 aromatic carbocycles. The first kappa shape index (κ1) is 20.0. The smallest absolute Gasteiger partial charge is 0.272 e. The van der Waals surface area contributed by atoms with Crippen LogP contribution in [0.15, 0.2) is 42.5 Å². The highest BCUT2D eigenvalue weighted by Crippen LogP contribution is 2.35. The van der Waals surface area contributed by atoms with Gasteiger partial charge in [-0.15, -0.1) is 0 Å². The molecule has 0 radical (unpaired) electrons. The minimum Gasteiger partial charge on any atom is -0.486 e. The maximum absolute atomic E-state index is 12.7. The predicted molar refractivity (Wildman–Crippen MR) is 107 cm³/mol. The molecule has 0 bridgehead atoms. The Morgan fingerprint density at radius 3 is 2.60 bits per heavy atom. The third-order valence-electron chi connectivity index (χ3n) is 4.50. The number of hydrogen-bond acceptors (Lipinski definition) is 7. The lowest BCUT2D eigenvalue weighted by molar-refractivity contribution is -0.125. The number of carbonyl (C=O) groups excluding carboxylic acids is 3. The fraction of sp³-hybridized carbons (Fsp3) is 0.250. The predicted octanol–water partition coefficient (Wildman–Crippen LogP) is 1.44. The molecule has 2 N–H and O–H groups in total. The molecule has 2 aromatic rings. The molecule has 0 aliphatic carbocycles. The lowest BCUT2D eigenvalue weighted by atomic mass is 10.2. The Kier molecular flexibility index (Phi) is 5.73. The van der Waals surface area contributed by atoms with Crippen molar-refractivity contribution in [2.24, 2.45) is 0 Å². The molecule has 2 aliphatic rings. The van der Waals surface area contributed by atoms with Crippen molar-refractivity contribution in [2.75, 3.05) is 24.7 Å². The van der Waals surface area contributed by atoms with Crippen molar-refractivity contribution in [3.8, 4) is 17.2 Å². The third kappa shape index (κ3) is 4.32. The van der Waals surface area contributed by atoms with Crippen LogP contribution in [0, 0.1) is 0 Å². The van der Waals surface area contributed by atoms with Gasteiger partial charge in [-0.2, -0.15) is 0 Å². The fourth-order valence-corrected chi connectivity index (χ4v) is 3.20. The quantitative estimate of drug-likeness (QED) is 0.526. The average molecular weight is 432 g/mol. The SMILES string of the molecule is O=C(COc1ccc(Cl)cc1)NN[C@H]1CC(=O)N(c2ccc3c(c2)OCCO3)C1=O. The number of amides is 3. The van der Waals surface area contributed by atoms with Crippen LogP contribution in [0.1, 0.15) is 6.42 Å². The fourth-order valence-electron chi connectivity index (χ4n) is 3.07. The van der Waals surface area contributed by atoms with Gasteiger partial charge in [-0.3, -0.25) is 19.8 Å². The summed E-state index contributed by atoms with van der Waals surface area (Å²) in [7, 11) is 0. The van der Waals surface area contributed by atoms with Crippen LogP contribution in [-0.2, 0) is 14.4 Å². The highest BCUT2D eigenvalue weighted by molar-refractivity contribution is 6.30. The molecule has 3 amide bonds. The number of carbonyl (C=O) groups is 3. The highest BCUT2D eigenvalue weighted by atomic mass is 35.5. The number of ether oxygens (including phenoxy) is 3. The number of hydrogen-bond donors (Lipinski definition) is 2. The van der Waals surface area contributed by atoms with Crippen LogP contribution < -0.4 is 30.0 Å². The standard InChI is InChI=1S/C20H18ClN3O6/c21-12-1-4-14(5-2-12)30-11-18(25)23-22-15-10-19(26)24(20(15)27)13-3-6-16-17(9-13)29-8-7-28-16/h1-6,9,15,22H,7-8,10-11H2,(H,23,25)/t15-/m0/s1. The minimum absolute atomic E-state index is 0.0917. The van der Waals surface area contributed by atoms with Gasteiger partial charge in [-0.25, -0.2) is 10.3 Å². The van der Waals surface area contributed by atoms with Crippen LogP contribution in [0.5, 0.6) is 17.2 Å². The summed E-state index contributed by atoms with van der Waals surface area (Å²) in [6, 6.07) is 10.5. The zero-order chi connectivity index (χ0) is 21.1. The van der Waals surface area contributed by atoms with Crippen molar-refractivity contribution in [2.45, 2.75) is 12.5 Å². The van der Waals surface area contributed by atoms with Crippen LogP contribution in [0.4, 0.5) is 5.69 Å². The zero-order valence-electron chi connectivity index (χ0n) is 15.7. The van der Waals surface area contributed by atoms with Crippen molar-refractivity contribution in [3.05, 3.63) is 47.5 Å². The molecule has 30 heavy (non-hydrogen) atoms. The molecule has 1 saturated heterocycles. The average Bonchev–Trinajstić information content (AvgIpc) is 3.04. The first-order valence-corrected chi connectivity index (χ1v) is 9.58. The molecule has 4 rings (SSSR count). The number of nitrogens with one attached hydrogen (secondary N) is 2. The summed E-state index contributed by atoms with van der Waals surface area (Å²) < 4.78 is 16.3. The summed E-state index contributed by atoms with van der Waals surface area (Å²) >= 11 is 5.79. The Labute approximate surface area is 176 Å². The van der Waals surface area contributed by atoms with Gasteiger partial charge in [0.2, 0.25) is 5.91 Å². The zero-order valence-corrected chi connectivity index (χ0v) is 16.5. The van der Waals surface area contributed by atoms with Gasteiger partial charge < -0.3 is 14.2 Å². The van der Waals surface area contributed by atoms with E-state index in [1.54, 1.807) is 42.5 Å². The van der Waals surface area contributed by atoms with Gasteiger partial charge in [0.05, 0.1) is 12.1 Å². The van der Waals surface area contributed by atoms with Gasteiger partial charge in [0.25, 0.3) is 11.8 Å². The number of fused-ring (bicyclic) bond motifs is 1. The highest BCUT2D eigenvalue weighted by Gasteiger charge is 2.40. The summed E-state index contributed by atoms with van der Waals surface area (Å²) in [6.07, 6.45) is -0.0917. The Hall–Kier alpha value is -3.30. The topological polar surface area (TPSA) is 106 Å². The van der Waals surface area contributed by atoms with Gasteiger partial charge in [-0.05, 0) is 36.4 Å². The summed E-state index contributed by atoms with van der Waals surface area (Å²) in [5.41, 5.74) is 5.38. The maximum Gasteiger partial charge on any atom is 0.272 e. The molecule has 0 saturated carbocycles. The molecule has 0 unspecified atom stereocenters. The molecular weight excluding hydrogens is 414 g/mol. The number of benzene rings is 2. The van der Waals surface area contributed by atoms with E-state index in [-0.39, 0.29) is 18.9 Å². The Morgan fingerprint density at radius 1 is 1.10 bits per heavy atom. The number of nitrogens with zero attached hydrogens (tertiary/aromatic N) is 1. The van der Waals surface area contributed by atoms with E-state index < -0.39 is 17.9 Å². The van der Waals surface area contributed by atoms with Crippen molar-refractivity contribution in [1.29, 1.82) is 0 Å². The van der Waals surface area contributed by atoms with Gasteiger partial charge in [-0.1, -0.05) is 11.6 Å². The van der Waals surface area contributed by atoms with E-state index in [0.29, 0.717) is 41.2 Å². The second kappa shape index (κ2) is 8.60. The number of rotatable bonds is 6. The van der Waals surface area contributed by atoms with E-state index in [4.69, 9.17) is 25.8 Å². The van der Waals surface area contributed by atoms with Gasteiger partial charge in [0.1, 0.15) is 25.0 Å². The first-order valence-electron chi connectivity index (χ1n) is 9.20. The Balaban J connectivity index is 1.32. The lowest BCUT2D eigenvalue weighted by Gasteiger charge is -2.21. The van der Waals surface area contributed by atoms with Crippen LogP contribution >= 0.6 is 11.6 Å². The van der Waals surface area contributed by atoms with E-state index in [1.165, 1.54) is 0 Å². The van der Waals surface area contributed by atoms with Crippen LogP contribution in [0.25, 0.3) is 0 Å². The maximum atomic E-state index is 12.7. The van der Waals surface area contributed by atoms with Gasteiger partial charge >= 0.3 is 0 Å². The van der Waals surface area contributed by atoms with E-state index in [9.17, 15) is 14.4 Å². The molecule has 9 nitrogen and oxygen atoms in total. The summed E-state index contributed by atoms with van der Waals surface area (Å²) in [5, 5.41) is 0.556. The van der Waals surface area contributed by atoms with Crippen molar-refractivity contribution >= 4 is 35.0 Å². The van der Waals surface area contributed by atoms with Crippen molar-refractivity contribution in [3.63, 3.8) is 0 Å². The molecule has 10 heteroatoms.